The quantitative estimate of drug-likeness (QED) is 0.0187. The molecule has 12 atom stereocenters. The zero-order chi connectivity index (χ0) is 90.7. The topological polar surface area (TPSA) is 472 Å². The molecule has 0 amide bonds. The van der Waals surface area contributed by atoms with E-state index < -0.39 is 79.5 Å². The summed E-state index contributed by atoms with van der Waals surface area (Å²) in [7, 11) is 3.48. The molecular weight excluding hydrogens is 1640 g/mol. The van der Waals surface area contributed by atoms with Crippen molar-refractivity contribution in [3.05, 3.63) is 127 Å². The molecule has 6 fully saturated rings. The molecule has 3 aromatic carbocycles. The van der Waals surface area contributed by atoms with Crippen LogP contribution in [0.1, 0.15) is 187 Å². The average molecular weight is 1770 g/mol. The van der Waals surface area contributed by atoms with Gasteiger partial charge in [0.25, 0.3) is 0 Å². The van der Waals surface area contributed by atoms with Gasteiger partial charge in [-0.2, -0.15) is 0 Å². The smallest absolute Gasteiger partial charge is 0.249 e. The Morgan fingerprint density at radius 1 is 0.438 bits per heavy atom. The second-order valence-corrected chi connectivity index (χ2v) is 38.6. The molecule has 9 aromatic heterocycles. The van der Waals surface area contributed by atoms with E-state index in [1.807, 2.05) is 0 Å². The van der Waals surface area contributed by atoms with E-state index in [0.29, 0.717) is 108 Å². The standard InChI is InChI=1S/2C31H44N8O4.C29H38F2N8O3/c2*1-17(2)38(13-23-26(40)27(41)30(43-23)39-16-35-25-28(32)33-15-34-29(25)39)20-10-18(11-20)6-9-24-36-21-8-7-19(12-22(21)37-24)31(3,4)14-42-5;1-15(2)38(12-21-24(40)25(41)28(42-21)39-14-35-23-26(32)33-13-34-27(23)39)18-8-16(9-18)5-7-22-36-19-6-4-17(10-20(19)37-22)11-29(3,30)31/h2*7-8,12,15-18,20,23,26-27,30,40-41H,6,9-11,13-14H2,1-5H3,(H,36,37)(H2,32,33,34);4,6,10,13-16,18,21,24-25,28,40-41H,5,7-9,11-12H2,1-3H3,(H,36,37)(H2,32,33,34)/t2*18?,20?,23-,26-,27-,30-;16?,18?,21-,24-,25-,28-/m111/s1. The van der Waals surface area contributed by atoms with Crippen molar-refractivity contribution in [1.29, 1.82) is 0 Å². The predicted molar refractivity (Wildman–Crippen MR) is 479 cm³/mol. The molecule has 3 aliphatic heterocycles. The van der Waals surface area contributed by atoms with Crippen LogP contribution in [-0.2, 0) is 60.2 Å². The van der Waals surface area contributed by atoms with Crippen LogP contribution in [0.15, 0.2) is 92.6 Å². The van der Waals surface area contributed by atoms with Crippen molar-refractivity contribution in [3.63, 3.8) is 0 Å². The molecule has 0 spiro atoms. The molecule has 3 aliphatic carbocycles. The largest absolute Gasteiger partial charge is 0.387 e. The Morgan fingerprint density at radius 3 is 1.04 bits per heavy atom. The Morgan fingerprint density at radius 2 is 0.742 bits per heavy atom. The number of ether oxygens (including phenoxy) is 5. The first-order valence-corrected chi connectivity index (χ1v) is 45.0. The summed E-state index contributed by atoms with van der Waals surface area (Å²) < 4.78 is 61.2. The molecule has 3 saturated carbocycles. The zero-order valence-electron chi connectivity index (χ0n) is 75.3. The van der Waals surface area contributed by atoms with Crippen molar-refractivity contribution in [3.8, 4) is 0 Å². The summed E-state index contributed by atoms with van der Waals surface area (Å²) >= 11 is 0. The van der Waals surface area contributed by atoms with Crippen LogP contribution in [0.2, 0.25) is 0 Å². The Kier molecular flexibility index (Phi) is 27.0. The molecule has 128 heavy (non-hydrogen) atoms. The van der Waals surface area contributed by atoms with Crippen LogP contribution in [-0.4, -0.2) is 278 Å². The molecular formula is C91H126F2N24O11. The monoisotopic (exact) mass is 1770 g/mol. The van der Waals surface area contributed by atoms with Gasteiger partial charge in [0.15, 0.2) is 53.1 Å². The lowest BCUT2D eigenvalue weighted by Gasteiger charge is -2.46. The lowest BCUT2D eigenvalue weighted by Crippen LogP contribution is -2.52. The number of methoxy groups -OCH3 is 2. The third-order valence-corrected chi connectivity index (χ3v) is 27.3. The SMILES string of the molecule is CC(C)N(C[C@H]1O[C@@H](n2cnc3c(N)ncnc32)[C@H](O)[C@@H]1O)C1CC(CCc2nc3ccc(CC(C)(F)F)cc3[nH]2)C1.COCC(C)(C)c1ccc2nc(CCC3CC(N(C[C@H]4O[C@@H](n5cnc6c(N)ncnc65)[C@H](O)[C@@H]4O)C(C)C)C3)[nH]c2c1.COCC(C)(C)c1ccc2nc(CCC3CC(N(C[C@H]4O[C@@H](n5cnc6c(N)ncnc65)[C@H](O)[C@@H]4O)C(C)C)C3)[nH]c2c1. The van der Waals surface area contributed by atoms with Gasteiger partial charge in [0, 0.05) is 107 Å². The van der Waals surface area contributed by atoms with Crippen LogP contribution in [0.25, 0.3) is 66.6 Å². The number of nitrogen functional groups attached to an aromatic ring is 3. The molecule has 0 unspecified atom stereocenters. The van der Waals surface area contributed by atoms with Crippen LogP contribution >= 0.6 is 0 Å². The molecule has 690 valence electrons. The molecule has 3 saturated heterocycles. The zero-order valence-corrected chi connectivity index (χ0v) is 75.3. The Labute approximate surface area is 741 Å². The van der Waals surface area contributed by atoms with Crippen molar-refractivity contribution in [1.82, 2.24) is 103 Å². The summed E-state index contributed by atoms with van der Waals surface area (Å²) in [5.41, 5.74) is 29.1. The number of anilines is 3. The number of aryl methyl sites for hydroxylation is 3. The first-order valence-electron chi connectivity index (χ1n) is 45.0. The first-order chi connectivity index (χ1) is 61.1. The normalized spacial score (nSPS) is 26.4. The number of fused-ring (bicyclic) bond motifs is 6. The number of aromatic amines is 3. The summed E-state index contributed by atoms with van der Waals surface area (Å²) in [6.45, 7) is 25.5. The van der Waals surface area contributed by atoms with E-state index in [9.17, 15) is 39.4 Å². The minimum Gasteiger partial charge on any atom is -0.387 e. The highest BCUT2D eigenvalue weighted by Crippen LogP contribution is 2.44. The van der Waals surface area contributed by atoms with E-state index in [0.717, 1.165) is 135 Å². The average Bonchev–Trinajstić information content (AvgIpc) is 1.62. The van der Waals surface area contributed by atoms with Gasteiger partial charge in [0.1, 0.15) is 108 Å². The molecule has 15 N–H and O–H groups in total. The lowest BCUT2D eigenvalue weighted by atomic mass is 9.76. The minimum atomic E-state index is -2.75. The van der Waals surface area contributed by atoms with Gasteiger partial charge in [-0.1, -0.05) is 45.9 Å². The maximum Gasteiger partial charge on any atom is 0.249 e. The van der Waals surface area contributed by atoms with Gasteiger partial charge in [-0.15, -0.1) is 0 Å². The summed E-state index contributed by atoms with van der Waals surface area (Å²) in [5, 5.41) is 65.5. The van der Waals surface area contributed by atoms with Crippen molar-refractivity contribution in [2.45, 2.75) is 286 Å². The minimum absolute atomic E-state index is 0.0621. The van der Waals surface area contributed by atoms with Crippen molar-refractivity contribution < 1.29 is 63.1 Å². The van der Waals surface area contributed by atoms with Gasteiger partial charge in [0.2, 0.25) is 5.92 Å². The number of rotatable bonds is 32. The van der Waals surface area contributed by atoms with Gasteiger partial charge < -0.3 is 86.5 Å². The fraction of sp³-hybridized carbons (Fsp3) is 0.604. The summed E-state index contributed by atoms with van der Waals surface area (Å²) in [6, 6.07) is 20.1. The Balaban J connectivity index is 0.000000141. The second-order valence-electron chi connectivity index (χ2n) is 38.6. The predicted octanol–water partition coefficient (Wildman–Crippen LogP) is 9.12. The number of benzene rings is 3. The maximum absolute atomic E-state index is 13.4. The number of aliphatic hydroxyl groups excluding tert-OH is 6. The highest BCUT2D eigenvalue weighted by Gasteiger charge is 2.51. The first kappa shape index (κ1) is 91.7. The molecule has 0 bridgehead atoms. The number of hydrogen-bond acceptors (Lipinski definition) is 29. The molecule has 6 aliphatic rings. The number of halogens is 2. The number of hydrogen-bond donors (Lipinski definition) is 12. The Hall–Kier alpha value is -9.58. The van der Waals surface area contributed by atoms with Gasteiger partial charge in [-0.25, -0.2) is 68.6 Å². The van der Waals surface area contributed by atoms with Crippen LogP contribution in [0, 0.1) is 17.8 Å². The Bertz CT molecular complexity index is 5540. The van der Waals surface area contributed by atoms with E-state index >= 15 is 0 Å². The van der Waals surface area contributed by atoms with Gasteiger partial charge in [-0.05, 0) is 177 Å². The van der Waals surface area contributed by atoms with Crippen molar-refractivity contribution >= 4 is 84.0 Å². The highest BCUT2D eigenvalue weighted by molar-refractivity contribution is 5.83. The van der Waals surface area contributed by atoms with E-state index in [2.05, 4.69) is 185 Å². The number of alkyl halides is 2. The lowest BCUT2D eigenvalue weighted by molar-refractivity contribution is -0.0620. The number of aliphatic hydroxyl groups is 6. The van der Waals surface area contributed by atoms with Crippen molar-refractivity contribution in [2.75, 3.05) is 64.3 Å². The van der Waals surface area contributed by atoms with Gasteiger partial charge in [-0.3, -0.25) is 28.4 Å². The number of nitrogens with zero attached hydrogens (tertiary/aromatic N) is 18. The summed E-state index contributed by atoms with van der Waals surface area (Å²) in [6.07, 6.45) is 9.77. The van der Waals surface area contributed by atoms with Crippen molar-refractivity contribution in [2.24, 2.45) is 17.8 Å². The third-order valence-electron chi connectivity index (χ3n) is 27.3. The third kappa shape index (κ3) is 19.4. The number of nitrogens with one attached hydrogen (secondary N) is 3. The van der Waals surface area contributed by atoms with E-state index in [-0.39, 0.29) is 52.8 Å². The van der Waals surface area contributed by atoms with E-state index in [1.54, 1.807) is 46.1 Å². The van der Waals surface area contributed by atoms with E-state index in [4.69, 9.17) is 50.9 Å². The number of nitrogens with two attached hydrogens (primary N) is 3. The second kappa shape index (κ2) is 37.7. The number of H-pyrrole nitrogens is 3. The fourth-order valence-electron chi connectivity index (χ4n) is 19.9. The van der Waals surface area contributed by atoms with Crippen LogP contribution < -0.4 is 17.2 Å². The molecule has 12 aromatic rings. The fourth-order valence-corrected chi connectivity index (χ4v) is 19.9. The summed E-state index contributed by atoms with van der Waals surface area (Å²) in [4.78, 5) is 69.4. The van der Waals surface area contributed by atoms with Gasteiger partial charge in [0.05, 0.1) is 65.3 Å². The van der Waals surface area contributed by atoms with Crippen LogP contribution in [0.4, 0.5) is 26.2 Å². The molecule has 37 heteroatoms. The molecule has 0 radical (unpaired) electrons. The molecule has 35 nitrogen and oxygen atoms in total. The van der Waals surface area contributed by atoms with Gasteiger partial charge >= 0.3 is 0 Å². The van der Waals surface area contributed by atoms with E-state index in [1.165, 1.54) is 49.1 Å². The number of imidazole rings is 6. The van der Waals surface area contributed by atoms with Crippen LogP contribution in [0.3, 0.4) is 0 Å². The summed E-state index contributed by atoms with van der Waals surface area (Å²) in [5.74, 6) is 2.71. The number of aromatic nitrogens is 18. The van der Waals surface area contributed by atoms with Crippen LogP contribution in [0.5, 0.6) is 0 Å². The maximum atomic E-state index is 13.4. The molecule has 18 rings (SSSR count). The highest BCUT2D eigenvalue weighted by atomic mass is 19.3. The molecule has 12 heterocycles.